The number of hydrogen-bond donors (Lipinski definition) is 1. The van der Waals surface area contributed by atoms with E-state index in [1.807, 2.05) is 41.1 Å². The lowest BCUT2D eigenvalue weighted by Gasteiger charge is -2.08. The number of imidazole rings is 1. The Morgan fingerprint density at radius 3 is 2.92 bits per heavy atom. The van der Waals surface area contributed by atoms with E-state index in [9.17, 15) is 4.79 Å². The monoisotopic (exact) mass is 333 g/mol. The van der Waals surface area contributed by atoms with Crippen molar-refractivity contribution in [2.45, 2.75) is 19.5 Å². The zero-order valence-corrected chi connectivity index (χ0v) is 13.8. The molecule has 0 aliphatic heterocycles. The van der Waals surface area contributed by atoms with Crippen molar-refractivity contribution in [1.82, 2.24) is 24.4 Å². The van der Waals surface area contributed by atoms with E-state index >= 15 is 0 Å². The van der Waals surface area contributed by atoms with Gasteiger partial charge >= 0.3 is 0 Å². The number of amides is 1. The molecule has 1 amide bonds. The normalized spacial score (nSPS) is 11.2. The molecule has 126 valence electrons. The number of aromatic nitrogens is 4. The van der Waals surface area contributed by atoms with E-state index in [4.69, 9.17) is 0 Å². The van der Waals surface area contributed by atoms with Gasteiger partial charge in [-0.15, -0.1) is 0 Å². The smallest absolute Gasteiger partial charge is 0.239 e. The van der Waals surface area contributed by atoms with Crippen molar-refractivity contribution in [3.63, 3.8) is 0 Å². The first-order valence-electron chi connectivity index (χ1n) is 8.38. The molecule has 0 atom stereocenters. The van der Waals surface area contributed by atoms with E-state index in [0.29, 0.717) is 6.54 Å². The predicted molar refractivity (Wildman–Crippen MR) is 97.1 cm³/mol. The number of fused-ring (bicyclic) bond motifs is 2. The van der Waals surface area contributed by atoms with E-state index in [0.717, 1.165) is 35.0 Å². The van der Waals surface area contributed by atoms with Gasteiger partial charge in [-0.3, -0.25) is 4.79 Å². The molecule has 0 spiro atoms. The van der Waals surface area contributed by atoms with Gasteiger partial charge in [0.1, 0.15) is 12.2 Å². The summed E-state index contributed by atoms with van der Waals surface area (Å²) in [6, 6.07) is 13.9. The Balaban J connectivity index is 1.29. The van der Waals surface area contributed by atoms with E-state index in [-0.39, 0.29) is 12.5 Å². The molecule has 0 unspecified atom stereocenters. The standard InChI is InChI=1S/C19H19N5O/c25-18(13-24-14-22-16-6-1-2-7-17(16)24)20-10-4-11-23-12-8-15-5-3-9-21-19(15)23/h1-3,5-9,12,14H,4,10-11,13H2,(H,20,25). The van der Waals surface area contributed by atoms with Gasteiger partial charge in [0.05, 0.1) is 17.4 Å². The van der Waals surface area contributed by atoms with Crippen LogP contribution in [0.4, 0.5) is 0 Å². The minimum absolute atomic E-state index is 0.00126. The summed E-state index contributed by atoms with van der Waals surface area (Å²) < 4.78 is 3.99. The molecule has 1 N–H and O–H groups in total. The van der Waals surface area contributed by atoms with Crippen molar-refractivity contribution in [2.24, 2.45) is 0 Å². The van der Waals surface area contributed by atoms with Gasteiger partial charge in [0.15, 0.2) is 0 Å². The molecule has 0 saturated carbocycles. The number of carbonyl (C=O) groups is 1. The lowest BCUT2D eigenvalue weighted by molar-refractivity contribution is -0.121. The lowest BCUT2D eigenvalue weighted by atomic mass is 10.3. The zero-order valence-electron chi connectivity index (χ0n) is 13.8. The number of rotatable bonds is 6. The van der Waals surface area contributed by atoms with Gasteiger partial charge in [0.25, 0.3) is 0 Å². The Kier molecular flexibility index (Phi) is 4.16. The number of carbonyl (C=O) groups excluding carboxylic acids is 1. The van der Waals surface area contributed by atoms with Crippen LogP contribution in [0.1, 0.15) is 6.42 Å². The minimum Gasteiger partial charge on any atom is -0.354 e. The number of para-hydroxylation sites is 2. The molecule has 0 bridgehead atoms. The summed E-state index contributed by atoms with van der Waals surface area (Å²) in [6.07, 6.45) is 6.41. The molecule has 4 aromatic rings. The van der Waals surface area contributed by atoms with Crippen molar-refractivity contribution in [2.75, 3.05) is 6.54 Å². The lowest BCUT2D eigenvalue weighted by Crippen LogP contribution is -2.28. The van der Waals surface area contributed by atoms with Crippen LogP contribution in [-0.4, -0.2) is 31.6 Å². The second kappa shape index (κ2) is 6.76. The highest BCUT2D eigenvalue weighted by molar-refractivity contribution is 5.80. The van der Waals surface area contributed by atoms with Gasteiger partial charge in [-0.2, -0.15) is 0 Å². The van der Waals surface area contributed by atoms with Gasteiger partial charge in [0.2, 0.25) is 5.91 Å². The largest absolute Gasteiger partial charge is 0.354 e. The third kappa shape index (κ3) is 3.24. The number of hydrogen-bond acceptors (Lipinski definition) is 3. The summed E-state index contributed by atoms with van der Waals surface area (Å²) >= 11 is 0. The Morgan fingerprint density at radius 2 is 1.96 bits per heavy atom. The van der Waals surface area contributed by atoms with Crippen molar-refractivity contribution in [1.29, 1.82) is 0 Å². The Labute approximate surface area is 145 Å². The maximum atomic E-state index is 12.1. The van der Waals surface area contributed by atoms with E-state index < -0.39 is 0 Å². The molecule has 4 rings (SSSR count). The highest BCUT2D eigenvalue weighted by Crippen LogP contribution is 2.13. The van der Waals surface area contributed by atoms with Crippen LogP contribution in [0.2, 0.25) is 0 Å². The number of pyridine rings is 1. The van der Waals surface area contributed by atoms with E-state index in [2.05, 4.69) is 32.0 Å². The Bertz CT molecular complexity index is 1020. The topological polar surface area (TPSA) is 64.7 Å². The second-order valence-electron chi connectivity index (χ2n) is 5.99. The van der Waals surface area contributed by atoms with Crippen LogP contribution in [0.3, 0.4) is 0 Å². The predicted octanol–water partition coefficient (Wildman–Crippen LogP) is 2.59. The summed E-state index contributed by atoms with van der Waals surface area (Å²) in [6.45, 7) is 1.75. The fourth-order valence-corrected chi connectivity index (χ4v) is 3.02. The van der Waals surface area contributed by atoms with Crippen LogP contribution >= 0.6 is 0 Å². The van der Waals surface area contributed by atoms with Gasteiger partial charge in [-0.1, -0.05) is 12.1 Å². The zero-order chi connectivity index (χ0) is 17.1. The number of benzene rings is 1. The summed E-state index contributed by atoms with van der Waals surface area (Å²) in [5, 5.41) is 4.11. The highest BCUT2D eigenvalue weighted by atomic mass is 16.1. The molecule has 0 aliphatic carbocycles. The van der Waals surface area contributed by atoms with Gasteiger partial charge in [-0.05, 0) is 36.8 Å². The molecule has 6 heteroatoms. The first kappa shape index (κ1) is 15.4. The van der Waals surface area contributed by atoms with Crippen LogP contribution in [-0.2, 0) is 17.9 Å². The van der Waals surface area contributed by atoms with Crippen LogP contribution < -0.4 is 5.32 Å². The minimum atomic E-state index is -0.00126. The van der Waals surface area contributed by atoms with Gasteiger partial charge in [0, 0.05) is 30.9 Å². The van der Waals surface area contributed by atoms with Crippen LogP contribution in [0.15, 0.2) is 61.2 Å². The fourth-order valence-electron chi connectivity index (χ4n) is 3.02. The highest BCUT2D eigenvalue weighted by Gasteiger charge is 2.07. The van der Waals surface area contributed by atoms with Crippen molar-refractivity contribution < 1.29 is 4.79 Å². The average Bonchev–Trinajstić information content (AvgIpc) is 3.24. The first-order chi connectivity index (χ1) is 12.3. The maximum Gasteiger partial charge on any atom is 0.239 e. The molecular weight excluding hydrogens is 314 g/mol. The Hall–Kier alpha value is -3.15. The quantitative estimate of drug-likeness (QED) is 0.552. The maximum absolute atomic E-state index is 12.1. The molecule has 0 aliphatic rings. The average molecular weight is 333 g/mol. The summed E-state index contributed by atoms with van der Waals surface area (Å²) in [7, 11) is 0. The molecule has 3 heterocycles. The van der Waals surface area contributed by atoms with Crippen molar-refractivity contribution >= 4 is 28.0 Å². The third-order valence-corrected chi connectivity index (χ3v) is 4.26. The number of nitrogens with zero attached hydrogens (tertiary/aromatic N) is 4. The van der Waals surface area contributed by atoms with Crippen molar-refractivity contribution in [3.05, 3.63) is 61.2 Å². The molecule has 25 heavy (non-hydrogen) atoms. The van der Waals surface area contributed by atoms with E-state index in [1.165, 1.54) is 0 Å². The summed E-state index contributed by atoms with van der Waals surface area (Å²) in [5.74, 6) is -0.00126. The van der Waals surface area contributed by atoms with Crippen molar-refractivity contribution in [3.8, 4) is 0 Å². The van der Waals surface area contributed by atoms with Crippen LogP contribution in [0.25, 0.3) is 22.1 Å². The molecular formula is C19H19N5O. The van der Waals surface area contributed by atoms with Crippen LogP contribution in [0.5, 0.6) is 0 Å². The van der Waals surface area contributed by atoms with Gasteiger partial charge in [-0.25, -0.2) is 9.97 Å². The Morgan fingerprint density at radius 1 is 1.04 bits per heavy atom. The molecule has 6 nitrogen and oxygen atoms in total. The second-order valence-corrected chi connectivity index (χ2v) is 5.99. The molecule has 0 saturated heterocycles. The molecule has 1 aromatic carbocycles. The number of aryl methyl sites for hydroxylation is 1. The fraction of sp³-hybridized carbons (Fsp3) is 0.211. The van der Waals surface area contributed by atoms with Gasteiger partial charge < -0.3 is 14.5 Å². The SMILES string of the molecule is O=C(Cn1cnc2ccccc21)NCCCn1ccc2cccnc21. The summed E-state index contributed by atoms with van der Waals surface area (Å²) in [5.41, 5.74) is 2.86. The molecule has 0 radical (unpaired) electrons. The third-order valence-electron chi connectivity index (χ3n) is 4.26. The molecule has 3 aromatic heterocycles. The molecule has 0 fully saturated rings. The summed E-state index contributed by atoms with van der Waals surface area (Å²) in [4.78, 5) is 20.9. The first-order valence-corrected chi connectivity index (χ1v) is 8.38. The van der Waals surface area contributed by atoms with Crippen LogP contribution in [0, 0.1) is 0 Å². The number of nitrogens with one attached hydrogen (secondary N) is 1. The van der Waals surface area contributed by atoms with E-state index in [1.54, 1.807) is 12.5 Å².